The van der Waals surface area contributed by atoms with Crippen LogP contribution in [-0.2, 0) is 6.54 Å². The van der Waals surface area contributed by atoms with Crippen LogP contribution in [0, 0.1) is 0 Å². The van der Waals surface area contributed by atoms with E-state index < -0.39 is 0 Å². The van der Waals surface area contributed by atoms with Gasteiger partial charge in [-0.1, -0.05) is 11.6 Å². The fourth-order valence-corrected chi connectivity index (χ4v) is 3.20. The lowest BCUT2D eigenvalue weighted by Gasteiger charge is -2.14. The molecule has 0 aromatic carbocycles. The predicted molar refractivity (Wildman–Crippen MR) is 70.3 cm³/mol. The van der Waals surface area contributed by atoms with E-state index >= 15 is 0 Å². The highest BCUT2D eigenvalue weighted by Gasteiger charge is 2.11. The molecule has 0 aliphatic heterocycles. The lowest BCUT2D eigenvalue weighted by Crippen LogP contribution is -2.23. The minimum Gasteiger partial charge on any atom is -0.394 e. The summed E-state index contributed by atoms with van der Waals surface area (Å²) in [7, 11) is 0. The van der Waals surface area contributed by atoms with Crippen LogP contribution < -0.4 is 5.32 Å². The number of aliphatic hydroxyl groups excluding tert-OH is 1. The molecular weight excluding hydrogens is 262 g/mol. The molecule has 0 aliphatic rings. The number of thiophene rings is 2. The Morgan fingerprint density at radius 1 is 1.38 bits per heavy atom. The smallest absolute Gasteiger partial charge is 0.0626 e. The average Bonchev–Trinajstić information content (AvgIpc) is 2.92. The van der Waals surface area contributed by atoms with E-state index in [9.17, 15) is 5.11 Å². The van der Waals surface area contributed by atoms with Crippen molar-refractivity contribution in [1.29, 1.82) is 0 Å². The van der Waals surface area contributed by atoms with E-state index in [1.807, 2.05) is 28.3 Å². The van der Waals surface area contributed by atoms with Crippen molar-refractivity contribution in [3.8, 4) is 0 Å². The maximum absolute atomic E-state index is 9.31. The highest BCUT2D eigenvalue weighted by Crippen LogP contribution is 2.23. The maximum atomic E-state index is 9.31. The highest BCUT2D eigenvalue weighted by molar-refractivity contribution is 7.10. The van der Waals surface area contributed by atoms with Crippen molar-refractivity contribution in [2.45, 2.75) is 12.6 Å². The van der Waals surface area contributed by atoms with Crippen molar-refractivity contribution in [1.82, 2.24) is 5.32 Å². The Bertz CT molecular complexity index is 427. The molecule has 1 atom stereocenters. The third-order valence-electron chi connectivity index (χ3n) is 2.33. The summed E-state index contributed by atoms with van der Waals surface area (Å²) in [6.07, 6.45) is 0. The monoisotopic (exact) mass is 273 g/mol. The first-order valence-corrected chi connectivity index (χ1v) is 7.09. The van der Waals surface area contributed by atoms with Gasteiger partial charge in [-0.15, -0.1) is 11.3 Å². The van der Waals surface area contributed by atoms with Crippen molar-refractivity contribution in [3.05, 3.63) is 43.7 Å². The number of aliphatic hydroxyl groups is 1. The Morgan fingerprint density at radius 3 is 2.81 bits per heavy atom. The van der Waals surface area contributed by atoms with Crippen LogP contribution in [-0.4, -0.2) is 11.7 Å². The number of hydrogen-bond donors (Lipinski definition) is 2. The second kappa shape index (κ2) is 5.80. The zero-order valence-electron chi connectivity index (χ0n) is 8.52. The van der Waals surface area contributed by atoms with Crippen LogP contribution in [0.1, 0.15) is 16.5 Å². The van der Waals surface area contributed by atoms with Crippen LogP contribution in [0.4, 0.5) is 0 Å². The molecule has 2 aromatic rings. The maximum Gasteiger partial charge on any atom is 0.0626 e. The summed E-state index contributed by atoms with van der Waals surface area (Å²) in [5.41, 5.74) is 1.13. The number of rotatable bonds is 5. The van der Waals surface area contributed by atoms with E-state index in [2.05, 4.69) is 5.32 Å². The van der Waals surface area contributed by atoms with Crippen LogP contribution in [0.3, 0.4) is 0 Å². The Hall–Kier alpha value is -0.390. The molecule has 86 valence electrons. The van der Waals surface area contributed by atoms with Crippen molar-refractivity contribution >= 4 is 34.3 Å². The van der Waals surface area contributed by atoms with E-state index in [-0.39, 0.29) is 12.6 Å². The zero-order valence-corrected chi connectivity index (χ0v) is 10.9. The van der Waals surface area contributed by atoms with Crippen molar-refractivity contribution in [2.75, 3.05) is 6.61 Å². The molecule has 0 bridgehead atoms. The molecule has 0 radical (unpaired) electrons. The van der Waals surface area contributed by atoms with Gasteiger partial charge < -0.3 is 10.4 Å². The predicted octanol–water partition coefficient (Wildman–Crippen LogP) is 3.29. The summed E-state index contributed by atoms with van der Waals surface area (Å²) in [4.78, 5) is 1.11. The van der Waals surface area contributed by atoms with Gasteiger partial charge in [0, 0.05) is 11.4 Å². The molecule has 2 N–H and O–H groups in total. The molecule has 16 heavy (non-hydrogen) atoms. The molecule has 2 heterocycles. The summed E-state index contributed by atoms with van der Waals surface area (Å²) >= 11 is 9.26. The molecule has 5 heteroatoms. The topological polar surface area (TPSA) is 32.3 Å². The minimum absolute atomic E-state index is 0.00980. The van der Waals surface area contributed by atoms with Crippen LogP contribution in [0.15, 0.2) is 28.3 Å². The molecular formula is C11H12ClNOS2. The van der Waals surface area contributed by atoms with Gasteiger partial charge in [0.1, 0.15) is 0 Å². The minimum atomic E-state index is -0.00980. The molecule has 2 aromatic heterocycles. The van der Waals surface area contributed by atoms with Crippen molar-refractivity contribution in [2.24, 2.45) is 0 Å². The van der Waals surface area contributed by atoms with Crippen molar-refractivity contribution < 1.29 is 5.11 Å². The molecule has 0 saturated heterocycles. The average molecular weight is 274 g/mol. The van der Waals surface area contributed by atoms with E-state index in [0.717, 1.165) is 15.5 Å². The standard InChI is InChI=1S/C11H12ClNOS2/c12-9-2-4-16-11(9)5-13-10(6-14)8-1-3-15-7-8/h1-4,7,10,13-14H,5-6H2/t10-/m0/s1. The molecule has 2 nitrogen and oxygen atoms in total. The van der Waals surface area contributed by atoms with E-state index in [0.29, 0.717) is 6.54 Å². The molecule has 0 saturated carbocycles. The second-order valence-electron chi connectivity index (χ2n) is 3.36. The van der Waals surface area contributed by atoms with E-state index in [1.165, 1.54) is 0 Å². The molecule has 0 aliphatic carbocycles. The summed E-state index contributed by atoms with van der Waals surface area (Å²) in [6.45, 7) is 0.789. The molecule has 0 amide bonds. The van der Waals surface area contributed by atoms with Gasteiger partial charge in [-0.3, -0.25) is 0 Å². The van der Waals surface area contributed by atoms with Gasteiger partial charge in [-0.25, -0.2) is 0 Å². The number of halogens is 1. The molecule has 2 rings (SSSR count). The third kappa shape index (κ3) is 2.84. The Kier molecular flexibility index (Phi) is 4.37. The van der Waals surface area contributed by atoms with Crippen LogP contribution in [0.25, 0.3) is 0 Å². The van der Waals surface area contributed by atoms with Gasteiger partial charge >= 0.3 is 0 Å². The van der Waals surface area contributed by atoms with E-state index in [4.69, 9.17) is 11.6 Å². The Balaban J connectivity index is 1.96. The summed E-state index contributed by atoms with van der Waals surface area (Å²) in [5.74, 6) is 0. The van der Waals surface area contributed by atoms with Crippen LogP contribution in [0.5, 0.6) is 0 Å². The zero-order chi connectivity index (χ0) is 11.4. The second-order valence-corrected chi connectivity index (χ2v) is 5.55. The van der Waals surface area contributed by atoms with Crippen LogP contribution in [0.2, 0.25) is 5.02 Å². The summed E-state index contributed by atoms with van der Waals surface area (Å²) in [6, 6.07) is 3.90. The quantitative estimate of drug-likeness (QED) is 0.876. The van der Waals surface area contributed by atoms with Gasteiger partial charge in [0.15, 0.2) is 0 Å². The van der Waals surface area contributed by atoms with Gasteiger partial charge in [-0.2, -0.15) is 11.3 Å². The first kappa shape index (κ1) is 12.1. The Labute approximate surface area is 108 Å². The number of nitrogens with one attached hydrogen (secondary N) is 1. The lowest BCUT2D eigenvalue weighted by molar-refractivity contribution is 0.244. The number of hydrogen-bond acceptors (Lipinski definition) is 4. The van der Waals surface area contributed by atoms with Gasteiger partial charge in [0.05, 0.1) is 17.7 Å². The summed E-state index contributed by atoms with van der Waals surface area (Å²) in [5, 5.41) is 19.4. The fraction of sp³-hybridized carbons (Fsp3) is 0.273. The molecule has 0 spiro atoms. The van der Waals surface area contributed by atoms with Crippen LogP contribution >= 0.6 is 34.3 Å². The fourth-order valence-electron chi connectivity index (χ4n) is 1.43. The normalized spacial score (nSPS) is 12.9. The SMILES string of the molecule is OC[C@H](NCc1sccc1Cl)c1ccsc1. The molecule has 0 unspecified atom stereocenters. The van der Waals surface area contributed by atoms with Gasteiger partial charge in [0.25, 0.3) is 0 Å². The largest absolute Gasteiger partial charge is 0.394 e. The van der Waals surface area contributed by atoms with E-state index in [1.54, 1.807) is 22.7 Å². The summed E-state index contributed by atoms with van der Waals surface area (Å²) < 4.78 is 0. The first-order chi connectivity index (χ1) is 7.81. The van der Waals surface area contributed by atoms with Crippen molar-refractivity contribution in [3.63, 3.8) is 0 Å². The van der Waals surface area contributed by atoms with Gasteiger partial charge in [0.2, 0.25) is 0 Å². The lowest BCUT2D eigenvalue weighted by atomic mass is 10.1. The first-order valence-electron chi connectivity index (χ1n) is 4.89. The highest BCUT2D eigenvalue weighted by atomic mass is 35.5. The Morgan fingerprint density at radius 2 is 2.25 bits per heavy atom. The molecule has 0 fully saturated rings. The van der Waals surface area contributed by atoms with Gasteiger partial charge in [-0.05, 0) is 33.8 Å². The third-order valence-corrected chi connectivity index (χ3v) is 4.42.